The molecule has 1 aliphatic rings. The summed E-state index contributed by atoms with van der Waals surface area (Å²) in [6.45, 7) is 14.6. The first-order valence-electron chi connectivity index (χ1n) is 11.4. The van der Waals surface area contributed by atoms with Crippen LogP contribution in [0.25, 0.3) is 0 Å². The molecule has 1 N–H and O–H groups in total. The molecule has 1 atom stereocenters. The highest BCUT2D eigenvalue weighted by atomic mass is 35.5. The second-order valence-corrected chi connectivity index (χ2v) is 7.53. The molecule has 0 amide bonds. The maximum absolute atomic E-state index is 11.5. The Morgan fingerprint density at radius 1 is 1.16 bits per heavy atom. The smallest absolute Gasteiger partial charge is 0.208 e. The molecule has 31 heavy (non-hydrogen) atoms. The van der Waals surface area contributed by atoms with Crippen LogP contribution >= 0.6 is 23.2 Å². The Labute approximate surface area is 199 Å². The van der Waals surface area contributed by atoms with Gasteiger partial charge in [0.15, 0.2) is 6.29 Å². The zero-order valence-corrected chi connectivity index (χ0v) is 21.9. The molecule has 0 saturated carbocycles. The van der Waals surface area contributed by atoms with Crippen molar-refractivity contribution in [3.8, 4) is 0 Å². The first kappa shape index (κ1) is 29.5. The highest BCUT2D eigenvalue weighted by molar-refractivity contribution is 6.34. The lowest BCUT2D eigenvalue weighted by molar-refractivity contribution is 0.0980. The van der Waals surface area contributed by atoms with E-state index in [0.717, 1.165) is 36.9 Å². The molecule has 6 heteroatoms. The van der Waals surface area contributed by atoms with Gasteiger partial charge in [-0.1, -0.05) is 83.8 Å². The van der Waals surface area contributed by atoms with Gasteiger partial charge in [-0.25, -0.2) is 0 Å². The summed E-state index contributed by atoms with van der Waals surface area (Å²) >= 11 is 12.3. The third kappa shape index (κ3) is 8.17. The molecule has 1 aromatic carbocycles. The fourth-order valence-corrected chi connectivity index (χ4v) is 3.93. The van der Waals surface area contributed by atoms with E-state index in [2.05, 4.69) is 25.2 Å². The monoisotopic (exact) mass is 470 g/mol. The molecule has 1 unspecified atom stereocenters. The van der Waals surface area contributed by atoms with Crippen molar-refractivity contribution in [1.29, 1.82) is 0 Å². The van der Waals surface area contributed by atoms with Crippen LogP contribution in [0.1, 0.15) is 89.6 Å². The first-order chi connectivity index (χ1) is 15.0. The van der Waals surface area contributed by atoms with Crippen molar-refractivity contribution in [2.45, 2.75) is 80.0 Å². The van der Waals surface area contributed by atoms with E-state index >= 15 is 0 Å². The van der Waals surface area contributed by atoms with Gasteiger partial charge < -0.3 is 15.0 Å². The molecule has 176 valence electrons. The van der Waals surface area contributed by atoms with Crippen molar-refractivity contribution >= 4 is 40.9 Å². The minimum atomic E-state index is -0.398. The van der Waals surface area contributed by atoms with Gasteiger partial charge >= 0.3 is 0 Å². The Morgan fingerprint density at radius 3 is 2.29 bits per heavy atom. The van der Waals surface area contributed by atoms with Crippen LogP contribution in [0.5, 0.6) is 0 Å². The van der Waals surface area contributed by atoms with Crippen LogP contribution in [0.3, 0.4) is 0 Å². The lowest BCUT2D eigenvalue weighted by Crippen LogP contribution is -2.35. The van der Waals surface area contributed by atoms with Crippen LogP contribution in [-0.2, 0) is 4.74 Å². The van der Waals surface area contributed by atoms with Gasteiger partial charge in [0.1, 0.15) is 0 Å². The number of ether oxygens (including phenoxy) is 1. The molecule has 1 heterocycles. The lowest BCUT2D eigenvalue weighted by atomic mass is 9.90. The number of carbonyl (C=O) groups excluding carboxylic acids is 1. The number of nitrogens with zero attached hydrogens (tertiary/aromatic N) is 1. The van der Waals surface area contributed by atoms with Crippen LogP contribution < -0.4 is 10.2 Å². The van der Waals surface area contributed by atoms with Crippen molar-refractivity contribution in [1.82, 2.24) is 0 Å². The minimum Gasteiger partial charge on any atom is -0.340 e. The predicted octanol–water partition coefficient (Wildman–Crippen LogP) is 8.27. The molecule has 0 radical (unpaired) electrons. The molecule has 0 fully saturated rings. The Bertz CT molecular complexity index is 728. The van der Waals surface area contributed by atoms with Gasteiger partial charge in [-0.2, -0.15) is 0 Å². The summed E-state index contributed by atoms with van der Waals surface area (Å²) in [7, 11) is 1.96. The molecule has 0 bridgehead atoms. The van der Waals surface area contributed by atoms with Crippen molar-refractivity contribution in [3.05, 3.63) is 45.5 Å². The zero-order valence-electron chi connectivity index (χ0n) is 20.4. The predicted molar refractivity (Wildman–Crippen MR) is 138 cm³/mol. The molecule has 1 aromatic rings. The Hall–Kier alpha value is -1.49. The average molecular weight is 472 g/mol. The van der Waals surface area contributed by atoms with E-state index in [1.54, 1.807) is 6.08 Å². The molecule has 0 saturated heterocycles. The van der Waals surface area contributed by atoms with Crippen LogP contribution in [-0.4, -0.2) is 26.3 Å². The summed E-state index contributed by atoms with van der Waals surface area (Å²) in [6, 6.07) is 3.94. The number of allylic oxidation sites excluding steroid dienone is 3. The fraction of sp³-hybridized carbons (Fsp3) is 0.560. The number of hydrogen-bond donors (Lipinski definition) is 1. The van der Waals surface area contributed by atoms with E-state index in [1.165, 1.54) is 5.56 Å². The van der Waals surface area contributed by atoms with Gasteiger partial charge in [0.25, 0.3) is 0 Å². The van der Waals surface area contributed by atoms with E-state index in [9.17, 15) is 4.79 Å². The maximum Gasteiger partial charge on any atom is 0.208 e. The summed E-state index contributed by atoms with van der Waals surface area (Å²) in [6.07, 6.45) is 6.99. The van der Waals surface area contributed by atoms with Gasteiger partial charge in [0.05, 0.1) is 18.0 Å². The van der Waals surface area contributed by atoms with Gasteiger partial charge in [0, 0.05) is 22.7 Å². The number of hydrogen-bond acceptors (Lipinski definition) is 4. The summed E-state index contributed by atoms with van der Waals surface area (Å²) in [5.74, 6) is 0.434. The second kappa shape index (κ2) is 16.2. The van der Waals surface area contributed by atoms with Gasteiger partial charge in [-0.3, -0.25) is 4.79 Å². The third-order valence-electron chi connectivity index (χ3n) is 4.84. The molecule has 0 spiro atoms. The van der Waals surface area contributed by atoms with E-state index in [1.807, 2.05) is 58.7 Å². The third-order valence-corrected chi connectivity index (χ3v) is 5.32. The summed E-state index contributed by atoms with van der Waals surface area (Å²) in [5, 5.41) is 4.44. The number of carbonyl (C=O) groups is 1. The molecule has 4 nitrogen and oxygen atoms in total. The number of nitrogens with one attached hydrogen (secondary N) is 1. The summed E-state index contributed by atoms with van der Waals surface area (Å²) in [5.41, 5.74) is 3.72. The topological polar surface area (TPSA) is 41.6 Å². The largest absolute Gasteiger partial charge is 0.340 e. The number of fused-ring (bicyclic) bond motifs is 1. The maximum atomic E-state index is 11.5. The van der Waals surface area contributed by atoms with Crippen molar-refractivity contribution < 1.29 is 9.53 Å². The first-order valence-corrected chi connectivity index (χ1v) is 12.2. The van der Waals surface area contributed by atoms with Gasteiger partial charge in [-0.05, 0) is 42.9 Å². The molecule has 1 aliphatic heterocycles. The highest BCUT2D eigenvalue weighted by Gasteiger charge is 2.32. The normalized spacial score (nSPS) is 15.5. The van der Waals surface area contributed by atoms with Crippen molar-refractivity contribution in [2.24, 2.45) is 0 Å². The molecule has 0 aromatic heterocycles. The average Bonchev–Trinajstić information content (AvgIpc) is 3.12. The highest BCUT2D eigenvalue weighted by Crippen LogP contribution is 2.43. The zero-order chi connectivity index (χ0) is 24.0. The van der Waals surface area contributed by atoms with Gasteiger partial charge in [0.2, 0.25) is 6.35 Å². The van der Waals surface area contributed by atoms with Crippen molar-refractivity contribution in [3.63, 3.8) is 0 Å². The number of rotatable bonds is 9. The Morgan fingerprint density at radius 2 is 1.77 bits per heavy atom. The number of anilines is 2. The summed E-state index contributed by atoms with van der Waals surface area (Å²) in [4.78, 5) is 13.5. The van der Waals surface area contributed by atoms with Crippen LogP contribution in [0, 0.1) is 0 Å². The minimum absolute atomic E-state index is 0.224. The number of halogens is 2. The van der Waals surface area contributed by atoms with Crippen LogP contribution in [0.4, 0.5) is 11.4 Å². The van der Waals surface area contributed by atoms with E-state index in [0.29, 0.717) is 21.5 Å². The van der Waals surface area contributed by atoms with E-state index < -0.39 is 6.35 Å². The van der Waals surface area contributed by atoms with Crippen molar-refractivity contribution in [2.75, 3.05) is 23.9 Å². The Kier molecular flexibility index (Phi) is 15.4. The molecular weight excluding hydrogens is 431 g/mol. The Balaban J connectivity index is 0.00000212. The molecule has 0 aliphatic carbocycles. The second-order valence-electron chi connectivity index (χ2n) is 6.61. The standard InChI is InChI=1S/C21H28Cl2N2O2.2C2H6/c1-5-8-16(22)11-17(23)13-27-21-24-19-15(12-26)9-10-18(14(6-2)7-3)20(19)25(21)4;2*1-2/h8-12,14,21,24H,5-7,13H2,1-4H3;2*1-2H3/b16-8+,17-11+;;. The van der Waals surface area contributed by atoms with Crippen LogP contribution in [0.2, 0.25) is 0 Å². The van der Waals surface area contributed by atoms with E-state index in [4.69, 9.17) is 27.9 Å². The van der Waals surface area contributed by atoms with Gasteiger partial charge in [-0.15, -0.1) is 0 Å². The lowest BCUT2D eigenvalue weighted by Gasteiger charge is -2.25. The summed E-state index contributed by atoms with van der Waals surface area (Å²) < 4.78 is 5.95. The number of aldehydes is 1. The van der Waals surface area contributed by atoms with E-state index in [-0.39, 0.29) is 6.61 Å². The number of benzene rings is 1. The quantitative estimate of drug-likeness (QED) is 0.291. The SMILES string of the molecule is CC.CC.CC/C=C(Cl)\C=C(\Cl)COC1Nc2c(C=O)ccc(C(CC)CC)c2N1C. The molecule has 2 rings (SSSR count). The fourth-order valence-electron chi connectivity index (χ4n) is 3.41. The van der Waals surface area contributed by atoms with Crippen LogP contribution in [0.15, 0.2) is 34.3 Å². The molecular formula is C25H40Cl2N2O2.